The first kappa shape index (κ1) is 16.0. The fraction of sp³-hybridized carbons (Fsp3) is 0.500. The lowest BCUT2D eigenvalue weighted by Gasteiger charge is -2.18. The van der Waals surface area contributed by atoms with Crippen molar-refractivity contribution in [1.82, 2.24) is 20.1 Å². The number of benzene rings is 1. The molecule has 0 saturated heterocycles. The lowest BCUT2D eigenvalue weighted by atomic mass is 10.0. The van der Waals surface area contributed by atoms with Gasteiger partial charge in [-0.05, 0) is 44.0 Å². The van der Waals surface area contributed by atoms with Crippen molar-refractivity contribution in [1.29, 1.82) is 0 Å². The van der Waals surface area contributed by atoms with Crippen LogP contribution in [0.15, 0.2) is 30.6 Å². The molecule has 0 aliphatic rings. The lowest BCUT2D eigenvalue weighted by Crippen LogP contribution is -2.34. The van der Waals surface area contributed by atoms with Crippen LogP contribution in [-0.4, -0.2) is 27.4 Å². The Hall–Kier alpha value is -1.39. The molecule has 5 heteroatoms. The first-order valence-corrected chi connectivity index (χ1v) is 7.95. The Balaban J connectivity index is 2.07. The molecule has 0 saturated carbocycles. The zero-order valence-corrected chi connectivity index (χ0v) is 13.5. The average Bonchev–Trinajstić information content (AvgIpc) is 2.92. The number of rotatable bonds is 8. The predicted molar refractivity (Wildman–Crippen MR) is 86.6 cm³/mol. The van der Waals surface area contributed by atoms with E-state index in [0.717, 1.165) is 43.2 Å². The highest BCUT2D eigenvalue weighted by Gasteiger charge is 2.14. The van der Waals surface area contributed by atoms with E-state index in [1.807, 2.05) is 22.9 Å². The van der Waals surface area contributed by atoms with Crippen LogP contribution in [-0.2, 0) is 19.4 Å². The molecule has 0 aliphatic heterocycles. The maximum atomic E-state index is 6.08. The summed E-state index contributed by atoms with van der Waals surface area (Å²) in [7, 11) is 0. The minimum absolute atomic E-state index is 0.345. The highest BCUT2D eigenvalue weighted by Crippen LogP contribution is 2.14. The van der Waals surface area contributed by atoms with Crippen LogP contribution >= 0.6 is 11.6 Å². The summed E-state index contributed by atoms with van der Waals surface area (Å²) in [4.78, 5) is 4.38. The molecule has 0 bridgehead atoms. The van der Waals surface area contributed by atoms with Gasteiger partial charge in [0.2, 0.25) is 0 Å². The van der Waals surface area contributed by atoms with Crippen LogP contribution in [0.4, 0.5) is 0 Å². The molecule has 0 spiro atoms. The topological polar surface area (TPSA) is 42.7 Å². The fourth-order valence-corrected chi connectivity index (χ4v) is 2.66. The maximum absolute atomic E-state index is 6.08. The van der Waals surface area contributed by atoms with Gasteiger partial charge in [0.15, 0.2) is 0 Å². The van der Waals surface area contributed by atoms with Crippen LogP contribution in [0.3, 0.4) is 0 Å². The van der Waals surface area contributed by atoms with Crippen LogP contribution in [0.5, 0.6) is 0 Å². The molecule has 21 heavy (non-hydrogen) atoms. The zero-order valence-electron chi connectivity index (χ0n) is 12.7. The monoisotopic (exact) mass is 306 g/mol. The van der Waals surface area contributed by atoms with Crippen molar-refractivity contribution in [3.8, 4) is 0 Å². The van der Waals surface area contributed by atoms with Crippen LogP contribution in [0, 0.1) is 0 Å². The number of halogens is 1. The molecular weight excluding hydrogens is 284 g/mol. The normalized spacial score (nSPS) is 12.5. The molecule has 2 aromatic rings. The van der Waals surface area contributed by atoms with Crippen molar-refractivity contribution in [2.75, 3.05) is 6.54 Å². The van der Waals surface area contributed by atoms with Gasteiger partial charge in [0, 0.05) is 24.0 Å². The minimum Gasteiger partial charge on any atom is -0.313 e. The van der Waals surface area contributed by atoms with Crippen LogP contribution in [0.1, 0.15) is 31.7 Å². The van der Waals surface area contributed by atoms with E-state index in [2.05, 4.69) is 35.3 Å². The second kappa shape index (κ2) is 8.15. The van der Waals surface area contributed by atoms with E-state index >= 15 is 0 Å². The molecule has 0 aliphatic carbocycles. The van der Waals surface area contributed by atoms with Gasteiger partial charge in [-0.3, -0.25) is 4.68 Å². The van der Waals surface area contributed by atoms with Crippen molar-refractivity contribution in [2.45, 2.75) is 45.7 Å². The van der Waals surface area contributed by atoms with Crippen LogP contribution in [0.2, 0.25) is 5.02 Å². The average molecular weight is 307 g/mol. The van der Waals surface area contributed by atoms with Crippen LogP contribution in [0.25, 0.3) is 0 Å². The molecule has 1 aromatic heterocycles. The number of nitrogens with one attached hydrogen (secondary N) is 1. The lowest BCUT2D eigenvalue weighted by molar-refractivity contribution is 0.478. The molecule has 1 heterocycles. The summed E-state index contributed by atoms with van der Waals surface area (Å²) < 4.78 is 1.96. The zero-order chi connectivity index (χ0) is 15.1. The number of aryl methyl sites for hydroxylation is 1. The van der Waals surface area contributed by atoms with Crippen molar-refractivity contribution < 1.29 is 0 Å². The van der Waals surface area contributed by atoms with Crippen molar-refractivity contribution in [2.24, 2.45) is 0 Å². The summed E-state index contributed by atoms with van der Waals surface area (Å²) in [5, 5.41) is 8.64. The van der Waals surface area contributed by atoms with E-state index < -0.39 is 0 Å². The van der Waals surface area contributed by atoms with E-state index in [9.17, 15) is 0 Å². The largest absolute Gasteiger partial charge is 0.313 e. The smallest absolute Gasteiger partial charge is 0.138 e. The Morgan fingerprint density at radius 1 is 1.29 bits per heavy atom. The summed E-state index contributed by atoms with van der Waals surface area (Å²) >= 11 is 6.08. The predicted octanol–water partition coefficient (Wildman–Crippen LogP) is 3.10. The summed E-state index contributed by atoms with van der Waals surface area (Å²) in [5.74, 6) is 1.04. The van der Waals surface area contributed by atoms with Crippen molar-refractivity contribution >= 4 is 11.6 Å². The molecule has 1 N–H and O–H groups in total. The molecule has 1 aromatic carbocycles. The first-order valence-electron chi connectivity index (χ1n) is 7.57. The Morgan fingerprint density at radius 3 is 2.86 bits per heavy atom. The van der Waals surface area contributed by atoms with E-state index in [1.165, 1.54) is 5.56 Å². The first-order chi connectivity index (χ1) is 10.2. The third-order valence-electron chi connectivity index (χ3n) is 3.48. The quantitative estimate of drug-likeness (QED) is 0.815. The van der Waals surface area contributed by atoms with Gasteiger partial charge in [0.1, 0.15) is 12.2 Å². The van der Waals surface area contributed by atoms with E-state index in [-0.39, 0.29) is 0 Å². The maximum Gasteiger partial charge on any atom is 0.138 e. The summed E-state index contributed by atoms with van der Waals surface area (Å²) in [6.07, 6.45) is 4.57. The van der Waals surface area contributed by atoms with Gasteiger partial charge in [-0.15, -0.1) is 0 Å². The molecule has 2 rings (SSSR count). The molecule has 0 radical (unpaired) electrons. The van der Waals surface area contributed by atoms with E-state index in [4.69, 9.17) is 11.6 Å². The summed E-state index contributed by atoms with van der Waals surface area (Å²) in [5.41, 5.74) is 1.25. The molecule has 114 valence electrons. The van der Waals surface area contributed by atoms with Gasteiger partial charge < -0.3 is 5.32 Å². The van der Waals surface area contributed by atoms with Gasteiger partial charge in [-0.1, -0.05) is 30.7 Å². The van der Waals surface area contributed by atoms with Crippen LogP contribution < -0.4 is 5.32 Å². The molecule has 1 atom stereocenters. The van der Waals surface area contributed by atoms with E-state index in [0.29, 0.717) is 6.04 Å². The number of nitrogens with zero attached hydrogens (tertiary/aromatic N) is 3. The summed E-state index contributed by atoms with van der Waals surface area (Å²) in [6, 6.07) is 8.41. The third kappa shape index (κ3) is 4.83. The van der Waals surface area contributed by atoms with Crippen molar-refractivity contribution in [3.63, 3.8) is 0 Å². The molecule has 1 unspecified atom stereocenters. The van der Waals surface area contributed by atoms with Crippen molar-refractivity contribution in [3.05, 3.63) is 47.0 Å². The third-order valence-corrected chi connectivity index (χ3v) is 3.71. The second-order valence-electron chi connectivity index (χ2n) is 5.18. The molecule has 0 fully saturated rings. The Bertz CT molecular complexity index is 553. The van der Waals surface area contributed by atoms with E-state index in [1.54, 1.807) is 6.33 Å². The number of hydrogen-bond acceptors (Lipinski definition) is 3. The van der Waals surface area contributed by atoms with Gasteiger partial charge in [-0.2, -0.15) is 5.10 Å². The highest BCUT2D eigenvalue weighted by molar-refractivity contribution is 6.30. The highest BCUT2D eigenvalue weighted by atomic mass is 35.5. The second-order valence-corrected chi connectivity index (χ2v) is 5.62. The van der Waals surface area contributed by atoms with Gasteiger partial charge in [0.25, 0.3) is 0 Å². The fourth-order valence-electron chi connectivity index (χ4n) is 2.44. The number of aromatic nitrogens is 3. The van der Waals surface area contributed by atoms with Gasteiger partial charge >= 0.3 is 0 Å². The molecule has 0 amide bonds. The minimum atomic E-state index is 0.345. The Morgan fingerprint density at radius 2 is 2.14 bits per heavy atom. The van der Waals surface area contributed by atoms with Gasteiger partial charge in [0.05, 0.1) is 0 Å². The molecular formula is C16H23ClN4. The Labute approximate surface area is 131 Å². The number of hydrogen-bond donors (Lipinski definition) is 1. The summed E-state index contributed by atoms with van der Waals surface area (Å²) in [6.45, 7) is 6.13. The molecule has 4 nitrogen and oxygen atoms in total. The Kier molecular flexibility index (Phi) is 6.21. The standard InChI is InChI=1S/C16H23ClN4/c1-3-8-18-15(10-13-6-5-7-14(17)9-13)11-16-19-12-20-21(16)4-2/h5-7,9,12,15,18H,3-4,8,10-11H2,1-2H3. The van der Waals surface area contributed by atoms with Gasteiger partial charge in [-0.25, -0.2) is 4.98 Å². The SMILES string of the molecule is CCCNC(Cc1cccc(Cl)c1)Cc1ncnn1CC.